The number of alkyl halides is 3. The molecule has 29 heavy (non-hydrogen) atoms. The molecule has 6 nitrogen and oxygen atoms in total. The van der Waals surface area contributed by atoms with Gasteiger partial charge < -0.3 is 20.3 Å². The number of fused-ring (bicyclic) bond motifs is 1. The Morgan fingerprint density at radius 1 is 1.10 bits per heavy atom. The second kappa shape index (κ2) is 7.79. The van der Waals surface area contributed by atoms with E-state index in [0.717, 1.165) is 42.9 Å². The number of aliphatic hydroxyl groups is 1. The molecule has 0 bridgehead atoms. The summed E-state index contributed by atoms with van der Waals surface area (Å²) in [6, 6.07) is 2.71. The molecule has 2 aliphatic rings. The Morgan fingerprint density at radius 3 is 2.62 bits per heavy atom. The minimum absolute atomic E-state index is 0.130. The fourth-order valence-electron chi connectivity index (χ4n) is 3.98. The fourth-order valence-corrected chi connectivity index (χ4v) is 3.98. The van der Waals surface area contributed by atoms with Crippen LogP contribution in [0, 0.1) is 0 Å². The molecule has 2 heterocycles. The lowest BCUT2D eigenvalue weighted by Crippen LogP contribution is -2.37. The van der Waals surface area contributed by atoms with Crippen molar-refractivity contribution >= 4 is 5.82 Å². The second-order valence-electron chi connectivity index (χ2n) is 7.49. The Bertz CT molecular complexity index is 905. The van der Waals surface area contributed by atoms with Gasteiger partial charge in [0.05, 0.1) is 30.9 Å². The normalized spacial score (nSPS) is 22.2. The molecule has 156 valence electrons. The van der Waals surface area contributed by atoms with Gasteiger partial charge in [-0.25, -0.2) is 0 Å². The highest BCUT2D eigenvalue weighted by Crippen LogP contribution is 2.39. The van der Waals surface area contributed by atoms with Gasteiger partial charge in [-0.1, -0.05) is 12.8 Å². The van der Waals surface area contributed by atoms with Crippen LogP contribution in [-0.4, -0.2) is 39.2 Å². The summed E-state index contributed by atoms with van der Waals surface area (Å²) in [5, 5.41) is 32.2. The van der Waals surface area contributed by atoms with E-state index in [1.165, 1.54) is 6.07 Å². The third-order valence-corrected chi connectivity index (χ3v) is 5.56. The van der Waals surface area contributed by atoms with E-state index < -0.39 is 23.6 Å². The molecule has 9 heteroatoms. The summed E-state index contributed by atoms with van der Waals surface area (Å²) in [6.45, 7) is 0.725. The van der Waals surface area contributed by atoms with E-state index in [-0.39, 0.29) is 18.2 Å². The zero-order valence-electron chi connectivity index (χ0n) is 15.7. The van der Waals surface area contributed by atoms with Crippen LogP contribution in [0.5, 0.6) is 5.75 Å². The number of halogens is 3. The number of nitrogens with one attached hydrogen (secondary N) is 1. The van der Waals surface area contributed by atoms with E-state index in [2.05, 4.69) is 15.5 Å². The van der Waals surface area contributed by atoms with Gasteiger partial charge in [0.1, 0.15) is 11.4 Å². The number of ether oxygens (including phenoxy) is 1. The van der Waals surface area contributed by atoms with E-state index in [4.69, 9.17) is 4.74 Å². The summed E-state index contributed by atoms with van der Waals surface area (Å²) in [5.74, 6) is 0.0204. The van der Waals surface area contributed by atoms with Crippen molar-refractivity contribution in [1.29, 1.82) is 0 Å². The van der Waals surface area contributed by atoms with Crippen LogP contribution in [0.4, 0.5) is 19.0 Å². The first-order valence-corrected chi connectivity index (χ1v) is 9.66. The Balaban J connectivity index is 1.71. The summed E-state index contributed by atoms with van der Waals surface area (Å²) in [7, 11) is 0. The van der Waals surface area contributed by atoms with E-state index in [9.17, 15) is 23.4 Å². The predicted molar refractivity (Wildman–Crippen MR) is 99.4 cm³/mol. The largest absolute Gasteiger partial charge is 0.507 e. The van der Waals surface area contributed by atoms with Gasteiger partial charge in [-0.05, 0) is 43.0 Å². The van der Waals surface area contributed by atoms with Gasteiger partial charge in [-0.3, -0.25) is 0 Å². The van der Waals surface area contributed by atoms with Gasteiger partial charge >= 0.3 is 6.18 Å². The molecule has 2 aromatic rings. The molecule has 0 saturated heterocycles. The minimum atomic E-state index is -4.54. The quantitative estimate of drug-likeness (QED) is 0.717. The molecule has 1 aliphatic carbocycles. The summed E-state index contributed by atoms with van der Waals surface area (Å²) < 4.78 is 44.3. The van der Waals surface area contributed by atoms with E-state index in [1.54, 1.807) is 0 Å². The molecular formula is C20H22F3N3O3. The Morgan fingerprint density at radius 2 is 1.90 bits per heavy atom. The first kappa shape index (κ1) is 19.9. The molecule has 0 spiro atoms. The zero-order valence-corrected chi connectivity index (χ0v) is 15.7. The highest BCUT2D eigenvalue weighted by molar-refractivity contribution is 5.73. The van der Waals surface area contributed by atoms with E-state index >= 15 is 0 Å². The van der Waals surface area contributed by atoms with Crippen molar-refractivity contribution in [2.75, 3.05) is 11.9 Å². The molecule has 0 unspecified atom stereocenters. The van der Waals surface area contributed by atoms with Crippen LogP contribution in [0.2, 0.25) is 0 Å². The van der Waals surface area contributed by atoms with Crippen LogP contribution < -0.4 is 5.32 Å². The molecule has 3 N–H and O–H groups in total. The van der Waals surface area contributed by atoms with E-state index in [0.29, 0.717) is 30.6 Å². The Labute approximate surface area is 165 Å². The van der Waals surface area contributed by atoms with Gasteiger partial charge in [-0.15, -0.1) is 10.2 Å². The van der Waals surface area contributed by atoms with Crippen molar-refractivity contribution in [3.05, 3.63) is 34.9 Å². The molecule has 1 aliphatic heterocycles. The number of anilines is 1. The smallest absolute Gasteiger partial charge is 0.416 e. The average molecular weight is 409 g/mol. The van der Waals surface area contributed by atoms with Crippen molar-refractivity contribution in [3.8, 4) is 17.0 Å². The van der Waals surface area contributed by atoms with Crippen molar-refractivity contribution < 1.29 is 28.1 Å². The molecule has 2 atom stereocenters. The molecule has 1 saturated carbocycles. The van der Waals surface area contributed by atoms with E-state index in [1.807, 2.05) is 0 Å². The van der Waals surface area contributed by atoms with Crippen molar-refractivity contribution in [2.45, 2.75) is 57.0 Å². The van der Waals surface area contributed by atoms with Crippen LogP contribution in [0.15, 0.2) is 18.2 Å². The maximum atomic E-state index is 12.9. The molecule has 1 aromatic carbocycles. The summed E-state index contributed by atoms with van der Waals surface area (Å²) in [4.78, 5) is 0. The first-order chi connectivity index (χ1) is 13.8. The van der Waals surface area contributed by atoms with Gasteiger partial charge in [-0.2, -0.15) is 13.2 Å². The van der Waals surface area contributed by atoms with Crippen LogP contribution in [0.3, 0.4) is 0 Å². The predicted octanol–water partition coefficient (Wildman–Crippen LogP) is 3.66. The number of phenols is 1. The van der Waals surface area contributed by atoms with Gasteiger partial charge in [0.2, 0.25) is 0 Å². The van der Waals surface area contributed by atoms with Crippen LogP contribution in [0.25, 0.3) is 11.3 Å². The fraction of sp³-hybridized carbons (Fsp3) is 0.500. The topological polar surface area (TPSA) is 87.5 Å². The van der Waals surface area contributed by atoms with Crippen LogP contribution in [0.1, 0.15) is 42.4 Å². The number of hydrogen-bond donors (Lipinski definition) is 3. The first-order valence-electron chi connectivity index (χ1n) is 9.66. The zero-order chi connectivity index (χ0) is 20.6. The second-order valence-corrected chi connectivity index (χ2v) is 7.49. The van der Waals surface area contributed by atoms with Crippen molar-refractivity contribution in [2.24, 2.45) is 0 Å². The number of aromatic nitrogens is 2. The number of aromatic hydroxyl groups is 1. The van der Waals surface area contributed by atoms with Gasteiger partial charge in [0.25, 0.3) is 0 Å². The molecule has 0 radical (unpaired) electrons. The Kier molecular flexibility index (Phi) is 5.35. The number of phenolic OH excluding ortho intramolecular Hbond substituents is 1. The number of aliphatic hydroxyl groups excluding tert-OH is 1. The summed E-state index contributed by atoms with van der Waals surface area (Å²) in [5.41, 5.74) is 1.18. The average Bonchev–Trinajstić information content (AvgIpc) is 2.69. The van der Waals surface area contributed by atoms with Crippen molar-refractivity contribution in [1.82, 2.24) is 10.2 Å². The maximum Gasteiger partial charge on any atom is 0.416 e. The number of nitrogens with zero attached hydrogens (tertiary/aromatic N) is 2. The monoisotopic (exact) mass is 409 g/mol. The summed E-state index contributed by atoms with van der Waals surface area (Å²) in [6.07, 6.45) is -0.964. The van der Waals surface area contributed by atoms with Crippen LogP contribution >= 0.6 is 0 Å². The lowest BCUT2D eigenvalue weighted by atomic mass is 9.92. The standard InChI is InChI=1S/C20H22F3N3O3/c21-20(22,23)11-5-6-13(17(28)9-11)18-12-7-8-29-10-14(12)19(26-25-18)24-15-3-1-2-4-16(15)27/h5-6,9,15-16,27-28H,1-4,7-8,10H2,(H,24,26)/t15-,16-/m0/s1. The number of hydrogen-bond acceptors (Lipinski definition) is 6. The number of rotatable bonds is 3. The number of benzene rings is 1. The molecule has 4 rings (SSSR count). The van der Waals surface area contributed by atoms with Crippen molar-refractivity contribution in [3.63, 3.8) is 0 Å². The summed E-state index contributed by atoms with van der Waals surface area (Å²) >= 11 is 0. The molecule has 0 amide bonds. The lowest BCUT2D eigenvalue weighted by molar-refractivity contribution is -0.137. The molecular weight excluding hydrogens is 387 g/mol. The maximum absolute atomic E-state index is 12.9. The minimum Gasteiger partial charge on any atom is -0.507 e. The lowest BCUT2D eigenvalue weighted by Gasteiger charge is -2.30. The highest BCUT2D eigenvalue weighted by atomic mass is 19.4. The third-order valence-electron chi connectivity index (χ3n) is 5.56. The van der Waals surface area contributed by atoms with Gasteiger partial charge in [0.15, 0.2) is 5.82 Å². The van der Waals surface area contributed by atoms with Gasteiger partial charge in [0, 0.05) is 11.1 Å². The molecule has 1 aromatic heterocycles. The highest BCUT2D eigenvalue weighted by Gasteiger charge is 2.32. The third kappa shape index (κ3) is 4.02. The SMILES string of the molecule is Oc1cc(C(F)(F)F)ccc1-c1nnc(N[C@H]2CCCC[C@@H]2O)c2c1CCOC2. The molecule has 1 fully saturated rings. The van der Waals surface area contributed by atoms with Crippen LogP contribution in [-0.2, 0) is 23.9 Å². The Hall–Kier alpha value is -2.39.